The highest BCUT2D eigenvalue weighted by molar-refractivity contribution is 5.94. The Morgan fingerprint density at radius 2 is 1.79 bits per heavy atom. The van der Waals surface area contributed by atoms with Crippen molar-refractivity contribution in [2.45, 2.75) is 38.6 Å². The average Bonchev–Trinajstić information content (AvgIpc) is 2.90. The van der Waals surface area contributed by atoms with E-state index in [9.17, 15) is 9.59 Å². The number of amides is 1. The first-order valence-corrected chi connectivity index (χ1v) is 8.48. The Hall–Kier alpha value is -2.37. The van der Waals surface area contributed by atoms with Gasteiger partial charge in [-0.25, -0.2) is 9.48 Å². The number of likely N-dealkylation sites (tertiary alicyclic amines) is 1. The number of carbonyl (C=O) groups is 1. The van der Waals surface area contributed by atoms with Gasteiger partial charge < -0.3 is 4.90 Å². The van der Waals surface area contributed by atoms with Gasteiger partial charge in [-0.1, -0.05) is 18.2 Å². The minimum absolute atomic E-state index is 0.0669. The number of rotatable bonds is 3. The molecule has 24 heavy (non-hydrogen) atoms. The van der Waals surface area contributed by atoms with Gasteiger partial charge >= 0.3 is 5.69 Å². The fraction of sp³-hybridized carbons (Fsp3) is 0.500. The second kappa shape index (κ2) is 6.63. The Kier molecular flexibility index (Phi) is 4.55. The minimum Gasteiger partial charge on any atom is -0.339 e. The van der Waals surface area contributed by atoms with Gasteiger partial charge in [-0.2, -0.15) is 5.10 Å². The second-order valence-corrected chi connectivity index (χ2v) is 6.66. The molecular weight excluding hydrogens is 304 g/mol. The standard InChI is InChI=1S/C18H24N4O2/c1-13(2)22-16(19-20(3)18(22)24)14-9-11-21(12-10-14)17(23)15-7-5-4-6-8-15/h4-8,13-14H,9-12H2,1-3H3. The van der Waals surface area contributed by atoms with Crippen LogP contribution < -0.4 is 5.69 Å². The topological polar surface area (TPSA) is 60.1 Å². The van der Waals surface area contributed by atoms with Crippen LogP contribution in [0.25, 0.3) is 0 Å². The van der Waals surface area contributed by atoms with Crippen LogP contribution >= 0.6 is 0 Å². The number of hydrogen-bond donors (Lipinski definition) is 0. The third kappa shape index (κ3) is 3.00. The largest absolute Gasteiger partial charge is 0.345 e. The molecule has 1 aromatic carbocycles. The molecule has 1 saturated heterocycles. The Morgan fingerprint density at radius 3 is 2.38 bits per heavy atom. The van der Waals surface area contributed by atoms with Crippen LogP contribution in [-0.4, -0.2) is 38.2 Å². The van der Waals surface area contributed by atoms with Crippen molar-refractivity contribution >= 4 is 5.91 Å². The van der Waals surface area contributed by atoms with E-state index >= 15 is 0 Å². The third-order valence-corrected chi connectivity index (χ3v) is 4.67. The van der Waals surface area contributed by atoms with E-state index in [1.807, 2.05) is 49.1 Å². The van der Waals surface area contributed by atoms with Crippen molar-refractivity contribution in [2.24, 2.45) is 7.05 Å². The Morgan fingerprint density at radius 1 is 1.17 bits per heavy atom. The number of hydrogen-bond acceptors (Lipinski definition) is 3. The lowest BCUT2D eigenvalue weighted by Crippen LogP contribution is -2.38. The van der Waals surface area contributed by atoms with E-state index in [4.69, 9.17) is 0 Å². The lowest BCUT2D eigenvalue weighted by atomic mass is 9.95. The summed E-state index contributed by atoms with van der Waals surface area (Å²) in [6, 6.07) is 9.47. The van der Waals surface area contributed by atoms with Crippen LogP contribution in [0.2, 0.25) is 0 Å². The van der Waals surface area contributed by atoms with Gasteiger partial charge in [-0.3, -0.25) is 9.36 Å². The molecule has 0 N–H and O–H groups in total. The minimum atomic E-state index is -0.0669. The van der Waals surface area contributed by atoms with E-state index in [1.54, 1.807) is 11.6 Å². The van der Waals surface area contributed by atoms with E-state index in [0.29, 0.717) is 13.1 Å². The quantitative estimate of drug-likeness (QED) is 0.868. The predicted octanol–water partition coefficient (Wildman–Crippen LogP) is 2.18. The van der Waals surface area contributed by atoms with E-state index in [-0.39, 0.29) is 23.6 Å². The maximum absolute atomic E-state index is 12.5. The summed E-state index contributed by atoms with van der Waals surface area (Å²) in [4.78, 5) is 26.7. The van der Waals surface area contributed by atoms with Gasteiger partial charge in [-0.05, 0) is 38.8 Å². The number of aryl methyl sites for hydroxylation is 1. The van der Waals surface area contributed by atoms with Gasteiger partial charge in [0.2, 0.25) is 0 Å². The van der Waals surface area contributed by atoms with E-state index in [0.717, 1.165) is 24.2 Å². The van der Waals surface area contributed by atoms with Crippen LogP contribution in [-0.2, 0) is 7.05 Å². The highest BCUT2D eigenvalue weighted by Gasteiger charge is 2.29. The Labute approximate surface area is 141 Å². The highest BCUT2D eigenvalue weighted by Crippen LogP contribution is 2.28. The molecule has 128 valence electrons. The molecule has 1 amide bonds. The van der Waals surface area contributed by atoms with Crippen LogP contribution in [0.3, 0.4) is 0 Å². The van der Waals surface area contributed by atoms with Gasteiger partial charge in [0, 0.05) is 37.7 Å². The molecule has 0 spiro atoms. The molecule has 1 fully saturated rings. The van der Waals surface area contributed by atoms with Gasteiger partial charge in [0.15, 0.2) is 0 Å². The summed E-state index contributed by atoms with van der Waals surface area (Å²) < 4.78 is 3.19. The zero-order valence-corrected chi connectivity index (χ0v) is 14.5. The fourth-order valence-electron chi connectivity index (χ4n) is 3.37. The second-order valence-electron chi connectivity index (χ2n) is 6.66. The molecule has 6 heteroatoms. The van der Waals surface area contributed by atoms with Gasteiger partial charge in [0.05, 0.1) is 0 Å². The first kappa shape index (κ1) is 16.5. The normalized spacial score (nSPS) is 15.9. The molecule has 2 aromatic rings. The lowest BCUT2D eigenvalue weighted by Gasteiger charge is -2.32. The lowest BCUT2D eigenvalue weighted by molar-refractivity contribution is 0.0710. The van der Waals surface area contributed by atoms with Crippen LogP contribution in [0.5, 0.6) is 0 Å². The molecule has 0 radical (unpaired) electrons. The van der Waals surface area contributed by atoms with Crippen LogP contribution in [0.15, 0.2) is 35.1 Å². The van der Waals surface area contributed by atoms with Crippen molar-refractivity contribution in [2.75, 3.05) is 13.1 Å². The molecule has 2 heterocycles. The molecule has 6 nitrogen and oxygen atoms in total. The van der Waals surface area contributed by atoms with E-state index < -0.39 is 0 Å². The monoisotopic (exact) mass is 328 g/mol. The molecular formula is C18H24N4O2. The summed E-state index contributed by atoms with van der Waals surface area (Å²) in [5.41, 5.74) is 0.663. The molecule has 0 unspecified atom stereocenters. The smallest absolute Gasteiger partial charge is 0.339 e. The summed E-state index contributed by atoms with van der Waals surface area (Å²) in [5, 5.41) is 4.45. The van der Waals surface area contributed by atoms with E-state index in [2.05, 4.69) is 5.10 Å². The molecule has 1 aliphatic rings. The number of aromatic nitrogens is 3. The Bertz CT molecular complexity index is 768. The molecule has 1 aliphatic heterocycles. The number of nitrogens with zero attached hydrogens (tertiary/aromatic N) is 4. The molecule has 0 saturated carbocycles. The number of carbonyl (C=O) groups excluding carboxylic acids is 1. The summed E-state index contributed by atoms with van der Waals surface area (Å²) in [6.07, 6.45) is 1.67. The molecule has 1 aromatic heterocycles. The van der Waals surface area contributed by atoms with Crippen molar-refractivity contribution < 1.29 is 4.79 Å². The van der Waals surface area contributed by atoms with E-state index in [1.165, 1.54) is 4.68 Å². The first-order chi connectivity index (χ1) is 11.5. The molecule has 3 rings (SSSR count). The predicted molar refractivity (Wildman–Crippen MR) is 92.2 cm³/mol. The highest BCUT2D eigenvalue weighted by atomic mass is 16.2. The fourth-order valence-corrected chi connectivity index (χ4v) is 3.37. The first-order valence-electron chi connectivity index (χ1n) is 8.48. The van der Waals surface area contributed by atoms with Crippen molar-refractivity contribution in [3.05, 3.63) is 52.2 Å². The summed E-state index contributed by atoms with van der Waals surface area (Å²) >= 11 is 0. The van der Waals surface area contributed by atoms with Gasteiger partial charge in [0.1, 0.15) is 5.82 Å². The van der Waals surface area contributed by atoms with Crippen molar-refractivity contribution in [3.8, 4) is 0 Å². The third-order valence-electron chi connectivity index (χ3n) is 4.67. The van der Waals surface area contributed by atoms with Crippen LogP contribution in [0.1, 0.15) is 54.8 Å². The zero-order chi connectivity index (χ0) is 17.3. The molecule has 0 atom stereocenters. The van der Waals surface area contributed by atoms with Crippen molar-refractivity contribution in [1.82, 2.24) is 19.2 Å². The zero-order valence-electron chi connectivity index (χ0n) is 14.5. The molecule has 0 bridgehead atoms. The maximum Gasteiger partial charge on any atom is 0.345 e. The average molecular weight is 328 g/mol. The number of piperidine rings is 1. The van der Waals surface area contributed by atoms with Gasteiger partial charge in [0.25, 0.3) is 5.91 Å². The Balaban J connectivity index is 1.73. The van der Waals surface area contributed by atoms with Crippen LogP contribution in [0, 0.1) is 0 Å². The summed E-state index contributed by atoms with van der Waals surface area (Å²) in [7, 11) is 1.69. The van der Waals surface area contributed by atoms with Crippen molar-refractivity contribution in [3.63, 3.8) is 0 Å². The van der Waals surface area contributed by atoms with Crippen molar-refractivity contribution in [1.29, 1.82) is 0 Å². The molecule has 0 aliphatic carbocycles. The van der Waals surface area contributed by atoms with Crippen LogP contribution in [0.4, 0.5) is 0 Å². The maximum atomic E-state index is 12.5. The number of benzene rings is 1. The summed E-state index contributed by atoms with van der Waals surface area (Å²) in [5.74, 6) is 1.15. The van der Waals surface area contributed by atoms with Gasteiger partial charge in [-0.15, -0.1) is 0 Å². The summed E-state index contributed by atoms with van der Waals surface area (Å²) in [6.45, 7) is 5.39. The SMILES string of the molecule is CC(C)n1c(C2CCN(C(=O)c3ccccc3)CC2)nn(C)c1=O.